The molecule has 0 bridgehead atoms. The van der Waals surface area contributed by atoms with Crippen LogP contribution in [0.25, 0.3) is 0 Å². The molecule has 3 heteroatoms. The average Bonchev–Trinajstić information content (AvgIpc) is 2.87. The molecular formula is C16H26OSi2. The molecule has 0 atom stereocenters. The molecule has 2 rings (SSSR count). The van der Waals surface area contributed by atoms with Gasteiger partial charge in [0.15, 0.2) is 16.6 Å². The average molecular weight is 291 g/mol. The topological polar surface area (TPSA) is 9.23 Å². The molecule has 1 nitrogen and oxygen atoms in total. The van der Waals surface area contributed by atoms with Crippen molar-refractivity contribution in [2.24, 2.45) is 11.8 Å². The minimum Gasteiger partial charge on any atom is -0.455 e. The van der Waals surface area contributed by atoms with Crippen molar-refractivity contribution in [3.63, 3.8) is 0 Å². The van der Waals surface area contributed by atoms with E-state index in [1.54, 1.807) is 0 Å². The molecule has 0 spiro atoms. The van der Waals surface area contributed by atoms with Gasteiger partial charge in [-0.15, -0.1) is 0 Å². The summed E-state index contributed by atoms with van der Waals surface area (Å²) in [6.45, 7) is 9.51. The van der Waals surface area contributed by atoms with Crippen LogP contribution in [0.3, 0.4) is 0 Å². The van der Waals surface area contributed by atoms with E-state index in [9.17, 15) is 0 Å². The molecule has 2 aliphatic rings. The number of hydrogen-bond donors (Lipinski definition) is 0. The lowest BCUT2D eigenvalue weighted by Crippen LogP contribution is -2.45. The van der Waals surface area contributed by atoms with Gasteiger partial charge in [0.25, 0.3) is 0 Å². The van der Waals surface area contributed by atoms with Crippen LogP contribution in [-0.2, 0) is 4.12 Å². The van der Waals surface area contributed by atoms with Gasteiger partial charge >= 0.3 is 0 Å². The Morgan fingerprint density at radius 2 is 1.00 bits per heavy atom. The van der Waals surface area contributed by atoms with E-state index in [0.29, 0.717) is 11.8 Å². The maximum Gasteiger partial charge on any atom is 0.174 e. The molecule has 0 N–H and O–H groups in total. The van der Waals surface area contributed by atoms with Crippen molar-refractivity contribution in [3.8, 4) is 0 Å². The van der Waals surface area contributed by atoms with Crippen LogP contribution in [0.15, 0.2) is 48.6 Å². The SMILES string of the molecule is C[Si](C)(CC1C=CC=C1)O[Si](C)(C)CC1C=CC=C1. The standard InChI is InChI=1S/C16H26OSi2/c1-18(2,13-15-9-5-6-10-15)17-19(3,4)14-16-11-7-8-12-16/h5-12,15-16H,13-14H2,1-4H3. The summed E-state index contributed by atoms with van der Waals surface area (Å²) >= 11 is 0. The minimum absolute atomic E-state index is 0.609. The molecule has 0 unspecified atom stereocenters. The Bertz CT molecular complexity index is 366. The molecule has 2 aliphatic carbocycles. The van der Waals surface area contributed by atoms with Crippen molar-refractivity contribution in [1.82, 2.24) is 0 Å². The van der Waals surface area contributed by atoms with Gasteiger partial charge in [-0.05, 0) is 50.1 Å². The zero-order chi connectivity index (χ0) is 13.9. The lowest BCUT2D eigenvalue weighted by atomic mass is 10.2. The number of rotatable bonds is 6. The Morgan fingerprint density at radius 1 is 0.684 bits per heavy atom. The highest BCUT2D eigenvalue weighted by molar-refractivity contribution is 6.85. The molecule has 0 fully saturated rings. The highest BCUT2D eigenvalue weighted by Gasteiger charge is 2.35. The van der Waals surface area contributed by atoms with E-state index in [1.165, 1.54) is 12.1 Å². The summed E-state index contributed by atoms with van der Waals surface area (Å²) in [5.74, 6) is 1.22. The Balaban J connectivity index is 1.89. The van der Waals surface area contributed by atoms with Gasteiger partial charge in [0.05, 0.1) is 0 Å². The smallest absolute Gasteiger partial charge is 0.174 e. The normalized spacial score (nSPS) is 20.0. The van der Waals surface area contributed by atoms with Crippen molar-refractivity contribution in [2.45, 2.75) is 38.3 Å². The van der Waals surface area contributed by atoms with Crippen molar-refractivity contribution in [1.29, 1.82) is 0 Å². The molecule has 0 saturated heterocycles. The van der Waals surface area contributed by atoms with Crippen molar-refractivity contribution >= 4 is 16.6 Å². The van der Waals surface area contributed by atoms with Gasteiger partial charge in [-0.25, -0.2) is 0 Å². The van der Waals surface area contributed by atoms with Crippen LogP contribution in [0.5, 0.6) is 0 Å². The highest BCUT2D eigenvalue weighted by Crippen LogP contribution is 2.30. The second-order valence-corrected chi connectivity index (χ2v) is 15.6. The largest absolute Gasteiger partial charge is 0.455 e. The van der Waals surface area contributed by atoms with Gasteiger partial charge in [0, 0.05) is 0 Å². The van der Waals surface area contributed by atoms with Gasteiger partial charge in [0.2, 0.25) is 0 Å². The minimum atomic E-state index is -1.56. The van der Waals surface area contributed by atoms with Gasteiger partial charge in [0.1, 0.15) is 0 Å². The highest BCUT2D eigenvalue weighted by atomic mass is 28.4. The van der Waals surface area contributed by atoms with Crippen LogP contribution in [-0.4, -0.2) is 16.6 Å². The molecule has 0 heterocycles. The molecule has 19 heavy (non-hydrogen) atoms. The first-order valence-electron chi connectivity index (χ1n) is 7.27. The molecule has 0 aromatic carbocycles. The first-order valence-corrected chi connectivity index (χ1v) is 13.5. The third-order valence-corrected chi connectivity index (χ3v) is 11.0. The molecule has 104 valence electrons. The van der Waals surface area contributed by atoms with E-state index in [-0.39, 0.29) is 0 Å². The summed E-state index contributed by atoms with van der Waals surface area (Å²) in [6.07, 6.45) is 17.8. The van der Waals surface area contributed by atoms with Crippen LogP contribution in [0.2, 0.25) is 38.3 Å². The van der Waals surface area contributed by atoms with E-state index in [1.807, 2.05) is 0 Å². The lowest BCUT2D eigenvalue weighted by Gasteiger charge is -2.36. The first-order chi connectivity index (χ1) is 8.86. The predicted molar refractivity (Wildman–Crippen MR) is 89.2 cm³/mol. The Kier molecular flexibility index (Phi) is 4.48. The molecular weight excluding hydrogens is 264 g/mol. The summed E-state index contributed by atoms with van der Waals surface area (Å²) in [7, 11) is -3.13. The molecule has 0 amide bonds. The zero-order valence-electron chi connectivity index (χ0n) is 12.6. The van der Waals surface area contributed by atoms with Crippen LogP contribution in [0, 0.1) is 11.8 Å². The molecule has 0 saturated carbocycles. The lowest BCUT2D eigenvalue weighted by molar-refractivity contribution is 0.525. The zero-order valence-corrected chi connectivity index (χ0v) is 14.6. The Hall–Kier alpha value is -0.646. The fraction of sp³-hybridized carbons (Fsp3) is 0.500. The maximum atomic E-state index is 6.69. The fourth-order valence-electron chi connectivity index (χ4n) is 3.19. The van der Waals surface area contributed by atoms with E-state index < -0.39 is 16.6 Å². The predicted octanol–water partition coefficient (Wildman–Crippen LogP) is 4.90. The summed E-state index contributed by atoms with van der Waals surface area (Å²) in [6, 6.07) is 2.43. The Morgan fingerprint density at radius 3 is 1.32 bits per heavy atom. The monoisotopic (exact) mass is 290 g/mol. The van der Waals surface area contributed by atoms with Crippen LogP contribution in [0.1, 0.15) is 0 Å². The molecule has 0 aromatic rings. The van der Waals surface area contributed by atoms with Crippen molar-refractivity contribution in [3.05, 3.63) is 48.6 Å². The first kappa shape index (κ1) is 14.8. The summed E-state index contributed by atoms with van der Waals surface area (Å²) < 4.78 is 6.69. The van der Waals surface area contributed by atoms with E-state index >= 15 is 0 Å². The van der Waals surface area contributed by atoms with Crippen LogP contribution < -0.4 is 0 Å². The third-order valence-electron chi connectivity index (χ3n) is 3.66. The third kappa shape index (κ3) is 4.75. The summed E-state index contributed by atoms with van der Waals surface area (Å²) in [4.78, 5) is 0. The van der Waals surface area contributed by atoms with Gasteiger partial charge in [-0.1, -0.05) is 48.6 Å². The summed E-state index contributed by atoms with van der Waals surface area (Å²) in [5, 5.41) is 0. The van der Waals surface area contributed by atoms with Gasteiger partial charge < -0.3 is 4.12 Å². The molecule has 0 aliphatic heterocycles. The molecule has 0 radical (unpaired) electrons. The van der Waals surface area contributed by atoms with Crippen LogP contribution in [0.4, 0.5) is 0 Å². The van der Waals surface area contributed by atoms with Crippen molar-refractivity contribution < 1.29 is 4.12 Å². The van der Waals surface area contributed by atoms with Crippen LogP contribution >= 0.6 is 0 Å². The van der Waals surface area contributed by atoms with E-state index in [2.05, 4.69) is 74.8 Å². The number of allylic oxidation sites excluding steroid dienone is 8. The number of hydrogen-bond acceptors (Lipinski definition) is 1. The van der Waals surface area contributed by atoms with Gasteiger partial charge in [-0.2, -0.15) is 0 Å². The fourth-order valence-corrected chi connectivity index (χ4v) is 12.7. The molecule has 0 aromatic heterocycles. The van der Waals surface area contributed by atoms with E-state index in [0.717, 1.165) is 0 Å². The Labute approximate surface area is 120 Å². The van der Waals surface area contributed by atoms with E-state index in [4.69, 9.17) is 4.12 Å². The van der Waals surface area contributed by atoms with Gasteiger partial charge in [-0.3, -0.25) is 0 Å². The quantitative estimate of drug-likeness (QED) is 0.632. The second kappa shape index (κ2) is 5.77. The maximum absolute atomic E-state index is 6.69. The second-order valence-electron chi connectivity index (χ2n) is 6.90. The summed E-state index contributed by atoms with van der Waals surface area (Å²) in [5.41, 5.74) is 0. The van der Waals surface area contributed by atoms with Crippen molar-refractivity contribution in [2.75, 3.05) is 0 Å².